The second-order valence-corrected chi connectivity index (χ2v) is 4.73. The lowest BCUT2D eigenvalue weighted by Gasteiger charge is -2.13. The number of aliphatic hydroxyl groups excluding tert-OH is 1. The van der Waals surface area contributed by atoms with Crippen LogP contribution in [0.25, 0.3) is 0 Å². The van der Waals surface area contributed by atoms with E-state index in [1.54, 1.807) is 25.1 Å². The van der Waals surface area contributed by atoms with Crippen molar-refractivity contribution < 1.29 is 9.50 Å². The van der Waals surface area contributed by atoms with Gasteiger partial charge in [-0.1, -0.05) is 41.9 Å². The van der Waals surface area contributed by atoms with Crippen molar-refractivity contribution in [3.8, 4) is 0 Å². The zero-order valence-corrected chi connectivity index (χ0v) is 10.8. The smallest absolute Gasteiger partial charge is 0.126 e. The Morgan fingerprint density at radius 2 is 1.94 bits per heavy atom. The van der Waals surface area contributed by atoms with Crippen LogP contribution in [0.3, 0.4) is 0 Å². The van der Waals surface area contributed by atoms with E-state index < -0.39 is 6.10 Å². The SMILES string of the molecule is Cc1cc(C(O)Cc2ccccc2Cl)ccc1F. The topological polar surface area (TPSA) is 20.2 Å². The zero-order valence-electron chi connectivity index (χ0n) is 10.0. The molecular formula is C15H14ClFO. The molecule has 0 radical (unpaired) electrons. The van der Waals surface area contributed by atoms with Crippen molar-refractivity contribution in [3.05, 3.63) is 70.0 Å². The van der Waals surface area contributed by atoms with Gasteiger partial charge in [0.15, 0.2) is 0 Å². The second-order valence-electron chi connectivity index (χ2n) is 4.32. The Balaban J connectivity index is 2.19. The molecule has 3 heteroatoms. The van der Waals surface area contributed by atoms with E-state index in [9.17, 15) is 9.50 Å². The fourth-order valence-corrected chi connectivity index (χ4v) is 2.08. The summed E-state index contributed by atoms with van der Waals surface area (Å²) in [7, 11) is 0. The molecular weight excluding hydrogens is 251 g/mol. The highest BCUT2D eigenvalue weighted by molar-refractivity contribution is 6.31. The molecule has 1 atom stereocenters. The molecule has 0 bridgehead atoms. The van der Waals surface area contributed by atoms with Crippen molar-refractivity contribution in [1.29, 1.82) is 0 Å². The molecule has 0 aromatic heterocycles. The molecule has 2 aromatic carbocycles. The number of hydrogen-bond acceptors (Lipinski definition) is 1. The monoisotopic (exact) mass is 264 g/mol. The van der Waals surface area contributed by atoms with Crippen molar-refractivity contribution >= 4 is 11.6 Å². The standard InChI is InChI=1S/C15H14ClFO/c1-10-8-12(6-7-14(10)17)15(18)9-11-4-2-3-5-13(11)16/h2-8,15,18H,9H2,1H3. The van der Waals surface area contributed by atoms with Gasteiger partial charge in [-0.2, -0.15) is 0 Å². The zero-order chi connectivity index (χ0) is 13.1. The predicted octanol–water partition coefficient (Wildman–Crippen LogP) is 4.06. The summed E-state index contributed by atoms with van der Waals surface area (Å²) in [5.74, 6) is -0.260. The number of halogens is 2. The first kappa shape index (κ1) is 13.1. The van der Waals surface area contributed by atoms with Gasteiger partial charge in [0, 0.05) is 11.4 Å². The van der Waals surface area contributed by atoms with E-state index in [1.165, 1.54) is 6.07 Å². The van der Waals surface area contributed by atoms with E-state index in [0.717, 1.165) is 5.56 Å². The molecule has 2 aromatic rings. The highest BCUT2D eigenvalue weighted by Gasteiger charge is 2.11. The van der Waals surface area contributed by atoms with Crippen LogP contribution in [0.1, 0.15) is 22.8 Å². The normalized spacial score (nSPS) is 12.4. The Kier molecular flexibility index (Phi) is 4.00. The first-order valence-electron chi connectivity index (χ1n) is 5.75. The molecule has 1 N–H and O–H groups in total. The molecule has 0 heterocycles. The van der Waals surface area contributed by atoms with Crippen molar-refractivity contribution in [2.75, 3.05) is 0 Å². The molecule has 0 aliphatic heterocycles. The lowest BCUT2D eigenvalue weighted by Crippen LogP contribution is -2.03. The molecule has 94 valence electrons. The minimum Gasteiger partial charge on any atom is -0.388 e. The third-order valence-electron chi connectivity index (χ3n) is 2.94. The third-order valence-corrected chi connectivity index (χ3v) is 3.31. The number of aryl methyl sites for hydroxylation is 1. The van der Waals surface area contributed by atoms with Crippen LogP contribution in [0.4, 0.5) is 4.39 Å². The lowest BCUT2D eigenvalue weighted by molar-refractivity contribution is 0.178. The maximum atomic E-state index is 13.2. The van der Waals surface area contributed by atoms with Gasteiger partial charge >= 0.3 is 0 Å². The lowest BCUT2D eigenvalue weighted by atomic mass is 10.00. The largest absolute Gasteiger partial charge is 0.388 e. The van der Waals surface area contributed by atoms with Crippen LogP contribution in [-0.2, 0) is 6.42 Å². The molecule has 0 amide bonds. The predicted molar refractivity (Wildman–Crippen MR) is 71.3 cm³/mol. The minimum absolute atomic E-state index is 0.260. The van der Waals surface area contributed by atoms with Gasteiger partial charge < -0.3 is 5.11 Å². The fourth-order valence-electron chi connectivity index (χ4n) is 1.87. The van der Waals surface area contributed by atoms with Gasteiger partial charge in [0.1, 0.15) is 5.82 Å². The summed E-state index contributed by atoms with van der Waals surface area (Å²) in [4.78, 5) is 0. The summed E-state index contributed by atoms with van der Waals surface area (Å²) in [5.41, 5.74) is 2.12. The molecule has 1 unspecified atom stereocenters. The molecule has 18 heavy (non-hydrogen) atoms. The summed E-state index contributed by atoms with van der Waals surface area (Å²) in [6, 6.07) is 12.0. The van der Waals surface area contributed by atoms with Crippen molar-refractivity contribution in [2.24, 2.45) is 0 Å². The van der Waals surface area contributed by atoms with E-state index >= 15 is 0 Å². The quantitative estimate of drug-likeness (QED) is 0.886. The number of benzene rings is 2. The van der Waals surface area contributed by atoms with Crippen LogP contribution in [-0.4, -0.2) is 5.11 Å². The van der Waals surface area contributed by atoms with E-state index in [-0.39, 0.29) is 5.82 Å². The molecule has 0 aliphatic rings. The van der Waals surface area contributed by atoms with Crippen molar-refractivity contribution in [3.63, 3.8) is 0 Å². The Hall–Kier alpha value is -1.38. The van der Waals surface area contributed by atoms with Crippen LogP contribution >= 0.6 is 11.6 Å². The number of aliphatic hydroxyl groups is 1. The van der Waals surface area contributed by atoms with Crippen LogP contribution in [0.2, 0.25) is 5.02 Å². The van der Waals surface area contributed by atoms with Crippen molar-refractivity contribution in [2.45, 2.75) is 19.4 Å². The summed E-state index contributed by atoms with van der Waals surface area (Å²) in [6.45, 7) is 1.68. The van der Waals surface area contributed by atoms with E-state index in [0.29, 0.717) is 22.6 Å². The van der Waals surface area contributed by atoms with E-state index in [2.05, 4.69) is 0 Å². The average Bonchev–Trinajstić information content (AvgIpc) is 2.35. The maximum absolute atomic E-state index is 13.2. The fraction of sp³-hybridized carbons (Fsp3) is 0.200. The number of rotatable bonds is 3. The van der Waals surface area contributed by atoms with Crippen LogP contribution in [0.5, 0.6) is 0 Å². The Bertz CT molecular complexity index is 554. The Morgan fingerprint density at radius 3 is 2.61 bits per heavy atom. The minimum atomic E-state index is -0.677. The molecule has 0 saturated carbocycles. The molecule has 0 fully saturated rings. The molecule has 0 saturated heterocycles. The maximum Gasteiger partial charge on any atom is 0.126 e. The first-order valence-corrected chi connectivity index (χ1v) is 6.13. The summed E-state index contributed by atoms with van der Waals surface area (Å²) in [5, 5.41) is 10.8. The van der Waals surface area contributed by atoms with Crippen LogP contribution < -0.4 is 0 Å². The van der Waals surface area contributed by atoms with E-state index in [1.807, 2.05) is 18.2 Å². The summed E-state index contributed by atoms with van der Waals surface area (Å²) < 4.78 is 13.2. The highest BCUT2D eigenvalue weighted by atomic mass is 35.5. The molecule has 0 aliphatic carbocycles. The highest BCUT2D eigenvalue weighted by Crippen LogP contribution is 2.24. The van der Waals surface area contributed by atoms with Crippen LogP contribution in [0, 0.1) is 12.7 Å². The van der Waals surface area contributed by atoms with Gasteiger partial charge in [-0.3, -0.25) is 0 Å². The van der Waals surface area contributed by atoms with Gasteiger partial charge in [-0.25, -0.2) is 4.39 Å². The number of hydrogen-bond donors (Lipinski definition) is 1. The molecule has 1 nitrogen and oxygen atoms in total. The summed E-state index contributed by atoms with van der Waals surface area (Å²) >= 11 is 6.04. The van der Waals surface area contributed by atoms with Crippen molar-refractivity contribution in [1.82, 2.24) is 0 Å². The summed E-state index contributed by atoms with van der Waals surface area (Å²) in [6.07, 6.45) is -0.255. The molecule has 0 spiro atoms. The first-order chi connectivity index (χ1) is 8.58. The van der Waals surface area contributed by atoms with Gasteiger partial charge in [-0.15, -0.1) is 0 Å². The van der Waals surface area contributed by atoms with Gasteiger partial charge in [-0.05, 0) is 35.7 Å². The van der Waals surface area contributed by atoms with Gasteiger partial charge in [0.25, 0.3) is 0 Å². The average molecular weight is 265 g/mol. The Morgan fingerprint density at radius 1 is 1.22 bits per heavy atom. The van der Waals surface area contributed by atoms with Crippen LogP contribution in [0.15, 0.2) is 42.5 Å². The second kappa shape index (κ2) is 5.51. The molecule has 2 rings (SSSR count). The third kappa shape index (κ3) is 2.89. The Labute approximate surface area is 111 Å². The van der Waals surface area contributed by atoms with Gasteiger partial charge in [0.05, 0.1) is 6.10 Å². The van der Waals surface area contributed by atoms with E-state index in [4.69, 9.17) is 11.6 Å². The van der Waals surface area contributed by atoms with Gasteiger partial charge in [0.2, 0.25) is 0 Å².